The van der Waals surface area contributed by atoms with Crippen LogP contribution in [-0.2, 0) is 6.54 Å². The molecule has 0 aliphatic heterocycles. The summed E-state index contributed by atoms with van der Waals surface area (Å²) in [6.45, 7) is 4.85. The minimum absolute atomic E-state index is 0.148. The van der Waals surface area contributed by atoms with Crippen molar-refractivity contribution in [2.45, 2.75) is 20.4 Å². The third-order valence-electron chi connectivity index (χ3n) is 3.86. The number of aromatic nitrogens is 3. The predicted molar refractivity (Wildman–Crippen MR) is 102 cm³/mol. The summed E-state index contributed by atoms with van der Waals surface area (Å²) in [5, 5.41) is 3.14. The molecule has 132 valence electrons. The number of carbonyl (C=O) groups is 1. The number of amides is 1. The minimum Gasteiger partial charge on any atom is -0.349 e. The van der Waals surface area contributed by atoms with Crippen molar-refractivity contribution >= 4 is 17.5 Å². The molecule has 3 rings (SSSR count). The maximum Gasteiger partial charge on any atom is 0.277 e. The largest absolute Gasteiger partial charge is 0.349 e. The topological polar surface area (TPSA) is 71.0 Å². The van der Waals surface area contributed by atoms with Crippen LogP contribution in [0.25, 0.3) is 0 Å². The summed E-state index contributed by atoms with van der Waals surface area (Å²) < 4.78 is 0. The van der Waals surface area contributed by atoms with E-state index in [9.17, 15) is 4.79 Å². The number of carbonyl (C=O) groups excluding carboxylic acids is 1. The highest BCUT2D eigenvalue weighted by molar-refractivity contribution is 6.04. The van der Waals surface area contributed by atoms with E-state index in [4.69, 9.17) is 0 Å². The molecule has 1 N–H and O–H groups in total. The lowest BCUT2D eigenvalue weighted by molar-refractivity contribution is 0.0983. The Hall–Kier alpha value is -3.28. The molecule has 0 atom stereocenters. The van der Waals surface area contributed by atoms with Gasteiger partial charge in [0.05, 0.1) is 12.2 Å². The van der Waals surface area contributed by atoms with Crippen molar-refractivity contribution in [2.24, 2.45) is 0 Å². The highest BCUT2D eigenvalue weighted by atomic mass is 16.2. The Kier molecular flexibility index (Phi) is 5.53. The Balaban J connectivity index is 1.81. The van der Waals surface area contributed by atoms with Crippen LogP contribution in [0.2, 0.25) is 0 Å². The van der Waals surface area contributed by atoms with Gasteiger partial charge in [-0.1, -0.05) is 24.3 Å². The summed E-state index contributed by atoms with van der Waals surface area (Å²) in [4.78, 5) is 27.7. The van der Waals surface area contributed by atoms with Crippen molar-refractivity contribution in [1.29, 1.82) is 0 Å². The van der Waals surface area contributed by atoms with Crippen LogP contribution in [0.15, 0.2) is 60.8 Å². The Bertz CT molecular complexity index is 868. The molecule has 1 aromatic carbocycles. The van der Waals surface area contributed by atoms with Crippen LogP contribution < -0.4 is 10.2 Å². The monoisotopic (exact) mass is 347 g/mol. The number of benzene rings is 1. The molecule has 6 nitrogen and oxygen atoms in total. The van der Waals surface area contributed by atoms with E-state index >= 15 is 0 Å². The molecular formula is C20H21N5O. The molecule has 0 spiro atoms. The molecule has 0 aliphatic carbocycles. The molecular weight excluding hydrogens is 326 g/mol. The van der Waals surface area contributed by atoms with Gasteiger partial charge in [0.1, 0.15) is 5.69 Å². The van der Waals surface area contributed by atoms with Crippen molar-refractivity contribution in [3.05, 3.63) is 77.9 Å². The van der Waals surface area contributed by atoms with Crippen molar-refractivity contribution in [2.75, 3.05) is 16.8 Å². The third-order valence-corrected chi connectivity index (χ3v) is 3.86. The molecule has 2 heterocycles. The fourth-order valence-electron chi connectivity index (χ4n) is 2.62. The van der Waals surface area contributed by atoms with Crippen LogP contribution in [0.1, 0.15) is 28.8 Å². The second kappa shape index (κ2) is 8.20. The lowest BCUT2D eigenvalue weighted by Crippen LogP contribution is -2.31. The molecule has 0 radical (unpaired) electrons. The Morgan fingerprint density at radius 1 is 1.08 bits per heavy atom. The van der Waals surface area contributed by atoms with E-state index < -0.39 is 0 Å². The Morgan fingerprint density at radius 2 is 1.85 bits per heavy atom. The molecule has 1 amide bonds. The van der Waals surface area contributed by atoms with E-state index in [-0.39, 0.29) is 5.91 Å². The summed E-state index contributed by atoms with van der Waals surface area (Å²) in [5.41, 5.74) is 2.83. The van der Waals surface area contributed by atoms with Gasteiger partial charge >= 0.3 is 0 Å². The SMILES string of the molecule is CCN(C(=O)c1cc(C)nc(NCc2ccccn2)n1)c1ccccc1. The highest BCUT2D eigenvalue weighted by Gasteiger charge is 2.18. The van der Waals surface area contributed by atoms with Gasteiger partial charge < -0.3 is 10.2 Å². The van der Waals surface area contributed by atoms with Gasteiger partial charge in [-0.2, -0.15) is 0 Å². The number of pyridine rings is 1. The highest BCUT2D eigenvalue weighted by Crippen LogP contribution is 2.17. The summed E-state index contributed by atoms with van der Waals surface area (Å²) in [6.07, 6.45) is 1.74. The number of para-hydroxylation sites is 1. The summed E-state index contributed by atoms with van der Waals surface area (Å²) in [7, 11) is 0. The lowest BCUT2D eigenvalue weighted by Gasteiger charge is -2.21. The first-order chi connectivity index (χ1) is 12.7. The first-order valence-corrected chi connectivity index (χ1v) is 8.53. The zero-order valence-corrected chi connectivity index (χ0v) is 14.9. The second-order valence-electron chi connectivity index (χ2n) is 5.78. The molecule has 2 aromatic heterocycles. The molecule has 0 fully saturated rings. The predicted octanol–water partition coefficient (Wildman–Crippen LogP) is 3.46. The van der Waals surface area contributed by atoms with Crippen LogP contribution in [0, 0.1) is 6.92 Å². The summed E-state index contributed by atoms with van der Waals surface area (Å²) in [6, 6.07) is 17.0. The maximum absolute atomic E-state index is 13.0. The van der Waals surface area contributed by atoms with Gasteiger partial charge in [-0.05, 0) is 44.2 Å². The van der Waals surface area contributed by atoms with Crippen molar-refractivity contribution in [1.82, 2.24) is 15.0 Å². The number of hydrogen-bond acceptors (Lipinski definition) is 5. The Morgan fingerprint density at radius 3 is 2.54 bits per heavy atom. The van der Waals surface area contributed by atoms with Gasteiger partial charge in [-0.15, -0.1) is 0 Å². The van der Waals surface area contributed by atoms with Crippen molar-refractivity contribution in [3.8, 4) is 0 Å². The summed E-state index contributed by atoms with van der Waals surface area (Å²) in [5.74, 6) is 0.271. The number of aryl methyl sites for hydroxylation is 1. The van der Waals surface area contributed by atoms with Gasteiger partial charge in [-0.3, -0.25) is 9.78 Å². The van der Waals surface area contributed by atoms with E-state index in [1.54, 1.807) is 17.2 Å². The van der Waals surface area contributed by atoms with Gasteiger partial charge in [0.25, 0.3) is 5.91 Å². The second-order valence-corrected chi connectivity index (χ2v) is 5.78. The number of anilines is 2. The zero-order chi connectivity index (χ0) is 18.4. The van der Waals surface area contributed by atoms with E-state index in [1.807, 2.05) is 62.4 Å². The molecule has 0 unspecified atom stereocenters. The average molecular weight is 347 g/mol. The number of nitrogens with one attached hydrogen (secondary N) is 1. The quantitative estimate of drug-likeness (QED) is 0.739. The van der Waals surface area contributed by atoms with E-state index in [2.05, 4.69) is 20.3 Å². The lowest BCUT2D eigenvalue weighted by atomic mass is 10.2. The van der Waals surface area contributed by atoms with Crippen LogP contribution >= 0.6 is 0 Å². The van der Waals surface area contributed by atoms with Crippen LogP contribution in [-0.4, -0.2) is 27.4 Å². The van der Waals surface area contributed by atoms with Crippen LogP contribution in [0.4, 0.5) is 11.6 Å². The van der Waals surface area contributed by atoms with Crippen LogP contribution in [0.3, 0.4) is 0 Å². The van der Waals surface area contributed by atoms with Gasteiger partial charge in [0, 0.05) is 24.1 Å². The fraction of sp³-hybridized carbons (Fsp3) is 0.200. The maximum atomic E-state index is 13.0. The molecule has 6 heteroatoms. The molecule has 0 aliphatic rings. The first-order valence-electron chi connectivity index (χ1n) is 8.53. The van der Waals surface area contributed by atoms with Gasteiger partial charge in [-0.25, -0.2) is 9.97 Å². The van der Waals surface area contributed by atoms with Gasteiger partial charge in [0.2, 0.25) is 5.95 Å². The first kappa shape index (κ1) is 17.5. The minimum atomic E-state index is -0.148. The zero-order valence-electron chi connectivity index (χ0n) is 14.9. The normalized spacial score (nSPS) is 10.4. The van der Waals surface area contributed by atoms with Crippen LogP contribution in [0.5, 0.6) is 0 Å². The van der Waals surface area contributed by atoms with E-state index in [0.717, 1.165) is 17.1 Å². The molecule has 0 bridgehead atoms. The van der Waals surface area contributed by atoms with E-state index in [0.29, 0.717) is 24.7 Å². The third kappa shape index (κ3) is 4.22. The number of rotatable bonds is 6. The summed E-state index contributed by atoms with van der Waals surface area (Å²) >= 11 is 0. The standard InChI is InChI=1S/C20H21N5O/c1-3-25(17-10-5-4-6-11-17)19(26)18-13-15(2)23-20(24-18)22-14-16-9-7-8-12-21-16/h4-13H,3,14H2,1-2H3,(H,22,23,24). The average Bonchev–Trinajstić information content (AvgIpc) is 2.68. The van der Waals surface area contributed by atoms with E-state index in [1.165, 1.54) is 0 Å². The molecule has 3 aromatic rings. The molecule has 0 saturated carbocycles. The van der Waals surface area contributed by atoms with Crippen molar-refractivity contribution in [3.63, 3.8) is 0 Å². The molecule has 0 saturated heterocycles. The van der Waals surface area contributed by atoms with Gasteiger partial charge in [0.15, 0.2) is 0 Å². The number of nitrogens with zero attached hydrogens (tertiary/aromatic N) is 4. The smallest absolute Gasteiger partial charge is 0.277 e. The Labute approximate surface area is 153 Å². The number of hydrogen-bond donors (Lipinski definition) is 1. The van der Waals surface area contributed by atoms with Crippen molar-refractivity contribution < 1.29 is 4.79 Å². The fourth-order valence-corrected chi connectivity index (χ4v) is 2.62. The molecule has 26 heavy (non-hydrogen) atoms.